The quantitative estimate of drug-likeness (QED) is 0.0255. The average Bonchev–Trinajstić information content (AvgIpc) is 0.730. The van der Waals surface area contributed by atoms with Crippen molar-refractivity contribution >= 4 is 30.0 Å². The Morgan fingerprint density at radius 1 is 0.254 bits per heavy atom. The van der Waals surface area contributed by atoms with Crippen molar-refractivity contribution in [2.24, 2.45) is 0 Å². The summed E-state index contributed by atoms with van der Waals surface area (Å²) in [5, 5.41) is 324. The highest BCUT2D eigenvalue weighted by Crippen LogP contribution is 2.41. The van der Waals surface area contributed by atoms with Crippen LogP contribution in [0.25, 0.3) is 0 Å². The molecule has 10 saturated heterocycles. The molecule has 0 aromatic heterocycles. The second-order valence-corrected chi connectivity index (χ2v) is 32.4. The van der Waals surface area contributed by atoms with Crippen LogP contribution in [-0.4, -0.2) is 565 Å². The summed E-state index contributed by atoms with van der Waals surface area (Å²) in [6.07, 6.45) is -95.8. The van der Waals surface area contributed by atoms with Crippen molar-refractivity contribution in [3.8, 4) is 0 Å². The third-order valence-electron chi connectivity index (χ3n) is 23.4. The van der Waals surface area contributed by atoms with E-state index in [-0.39, 0.29) is 6.41 Å². The lowest BCUT2D eigenvalue weighted by Crippen LogP contribution is -2.71. The molecule has 0 bridgehead atoms. The number of amides is 5. The average molecular weight is 1900 g/mol. The third kappa shape index (κ3) is 24.2. The molecule has 10 heterocycles. The zero-order chi connectivity index (χ0) is 95.6. The highest BCUT2D eigenvalue weighted by Gasteiger charge is 2.62. The second kappa shape index (κ2) is 48.1. The van der Waals surface area contributed by atoms with Crippen LogP contribution in [0.1, 0.15) is 27.7 Å². The Labute approximate surface area is 736 Å². The van der Waals surface area contributed by atoms with Crippen LogP contribution in [0.5, 0.6) is 0 Å². The van der Waals surface area contributed by atoms with E-state index in [4.69, 9.17) is 94.7 Å². The SMILES string of the molecule is CC(=O)N[C@H]1[C@H](OC[C@H]2O[C@@H](O[C@H]3[C@H](O)[C@@H](NC(C)=O)[C@H](O[C@H]4[C@@H](O)[C@@H](CO)O[C@@H](O[C@H]5[C@H](O)[C@@H](O)[C@H](OC[C@@H](CO)NC=O)O[C@@H]5CO)[C@@H]4O)O[C@@H]3CO)[C@H](O)[C@@H](O[C@@H]3O[C@H](CO)[C@@H](O[C@@H]4O[C@H](CO)[C@H](O)[C@H](O[C@@H]5O[C@H](CO)[C@@H](O)[C@H](O)[C@H]5NC(C)=O)[C@H]4O)[C@H](O)[C@H]3NC(C)=O)[C@H]2O)O[C@H](CO)[C@@H](O[C@@H]2O[C@H](CO)[C@H](O)[C@H](O[C@H]3O[C@H](CO)[C@H](O)[C@H](O)[C@H]3O)[C@H]2O)[C@@H]1O. The molecular formula is C72H121N5O53. The largest absolute Gasteiger partial charge is 0.394 e. The lowest BCUT2D eigenvalue weighted by Gasteiger charge is -2.51. The topological polar surface area (TPSA) is 897 Å². The molecule has 0 aliphatic carbocycles. The summed E-state index contributed by atoms with van der Waals surface area (Å²) in [6, 6.07) is -8.84. The van der Waals surface area contributed by atoms with E-state index in [0.717, 1.165) is 27.7 Å². The van der Waals surface area contributed by atoms with Gasteiger partial charge in [0.1, 0.15) is 244 Å². The molecule has 10 fully saturated rings. The minimum absolute atomic E-state index is 0.236. The van der Waals surface area contributed by atoms with E-state index < -0.39 is 416 Å². The number of rotatable bonds is 38. The Morgan fingerprint density at radius 3 is 0.815 bits per heavy atom. The van der Waals surface area contributed by atoms with Gasteiger partial charge in [0.25, 0.3) is 0 Å². The number of carbonyl (C=O) groups excluding carboxylic acids is 5. The predicted molar refractivity (Wildman–Crippen MR) is 400 cm³/mol. The molecule has 10 rings (SSSR count). The van der Waals surface area contributed by atoms with Crippen LogP contribution in [0.15, 0.2) is 0 Å². The van der Waals surface area contributed by atoms with Crippen molar-refractivity contribution in [1.82, 2.24) is 26.6 Å². The maximum atomic E-state index is 13.3. The van der Waals surface area contributed by atoms with Crippen molar-refractivity contribution in [1.29, 1.82) is 0 Å². The summed E-state index contributed by atoms with van der Waals surface area (Å²) in [4.78, 5) is 63.1. The number of ether oxygens (including phenoxy) is 20. The van der Waals surface area contributed by atoms with E-state index in [1.165, 1.54) is 0 Å². The first-order valence-electron chi connectivity index (χ1n) is 41.4. The normalized spacial score (nSPS) is 47.6. The van der Waals surface area contributed by atoms with E-state index in [1.54, 1.807) is 0 Å². The Hall–Kier alpha value is -4.57. The molecule has 0 saturated carbocycles. The van der Waals surface area contributed by atoms with Crippen LogP contribution in [0, 0.1) is 0 Å². The van der Waals surface area contributed by atoms with Crippen molar-refractivity contribution in [3.63, 3.8) is 0 Å². The van der Waals surface area contributed by atoms with Crippen LogP contribution in [-0.2, 0) is 119 Å². The van der Waals surface area contributed by atoms with Gasteiger partial charge in [0, 0.05) is 27.7 Å². The van der Waals surface area contributed by atoms with Crippen molar-refractivity contribution in [2.75, 3.05) is 79.3 Å². The first-order chi connectivity index (χ1) is 61.7. The Kier molecular flexibility index (Phi) is 39.8. The Balaban J connectivity index is 0.938. The standard InChI is InChI=1S/C72H121N5O53/c1-18(89)74-33-43(99)37(93)23(6-79)113-64(33)127-59-39(95)25(8-81)115-69(51(59)107)124-56-29(12-85)120-66(36(45(56)101)77-21(4)92)129-62-42(98)32(16-112-63-34(75-19(2)90)44(100)55(28(11-84)118-63)123-70-53(109)61(41(97)27(10-83)116-70)130-68-49(105)47(103)38(94)24(7-80)114-68)122-72(54(62)110)125-57-30(13-86)119-65(35(46(57)102)76-20(3)91)128-60-40(96)26(9-82)117-71(52(60)108)126-58-31(14-87)121-67(50(106)48(58)104)111-15-22(5-78)73-17-88/h17,22-72,78-87,93-110H,5-16H2,1-4H3,(H,73,88)(H,74,89)(H,75,90)(H,76,91)(H,77,92)/t22-,23-,24-,25-,26-,27-,28-,29-,30-,31-,32-,33-,34-,35-,36-,37-,38+,39+,40+,41+,42+,43-,44-,45-,46-,47+,48-,49-,50-,51-,52-,53-,54-,55-,56-,57-,58-,59+,60+,61+,62+,63-,64+,65+,66+,67-,68-,69+,70+,71+,72+/m1/s1. The summed E-state index contributed by atoms with van der Waals surface area (Å²) < 4.78 is 118. The zero-order valence-corrected chi connectivity index (χ0v) is 69.7. The number of aliphatic hydroxyl groups is 28. The molecule has 0 spiro atoms. The molecule has 51 atom stereocenters. The predicted octanol–water partition coefficient (Wildman–Crippen LogP) is -23.1. The minimum Gasteiger partial charge on any atom is -0.394 e. The van der Waals surface area contributed by atoms with E-state index in [0.29, 0.717) is 0 Å². The molecule has 0 aromatic carbocycles. The number of carbonyl (C=O) groups is 5. The molecule has 0 radical (unpaired) electrons. The fraction of sp³-hybridized carbons (Fsp3) is 0.931. The third-order valence-corrected chi connectivity index (χ3v) is 23.4. The molecule has 10 aliphatic heterocycles. The maximum absolute atomic E-state index is 13.3. The molecule has 0 unspecified atom stereocenters. The lowest BCUT2D eigenvalue weighted by atomic mass is 9.93. The van der Waals surface area contributed by atoms with Gasteiger partial charge in [-0.25, -0.2) is 0 Å². The highest BCUT2D eigenvalue weighted by atomic mass is 16.8. The van der Waals surface area contributed by atoms with Gasteiger partial charge in [-0.05, 0) is 0 Å². The summed E-state index contributed by atoms with van der Waals surface area (Å²) >= 11 is 0. The highest BCUT2D eigenvalue weighted by molar-refractivity contribution is 5.74. The van der Waals surface area contributed by atoms with Gasteiger partial charge in [-0.1, -0.05) is 0 Å². The van der Waals surface area contributed by atoms with E-state index in [1.807, 2.05) is 0 Å². The summed E-state index contributed by atoms with van der Waals surface area (Å²) in [7, 11) is 0. The minimum atomic E-state index is -2.59. The Bertz CT molecular complexity index is 3500. The molecule has 10 aliphatic rings. The first kappa shape index (κ1) is 107. The molecule has 5 amide bonds. The number of nitrogens with one attached hydrogen (secondary N) is 5. The lowest BCUT2D eigenvalue weighted by molar-refractivity contribution is -0.391. The van der Waals surface area contributed by atoms with Gasteiger partial charge in [-0.2, -0.15) is 0 Å². The second-order valence-electron chi connectivity index (χ2n) is 32.4. The summed E-state index contributed by atoms with van der Waals surface area (Å²) in [6.45, 7) is -8.62. The molecule has 752 valence electrons. The summed E-state index contributed by atoms with van der Waals surface area (Å²) in [5.74, 6) is -3.85. The van der Waals surface area contributed by atoms with E-state index in [9.17, 15) is 167 Å². The van der Waals surface area contributed by atoms with Gasteiger partial charge in [-0.15, -0.1) is 0 Å². The number of hydrogen-bond acceptors (Lipinski definition) is 53. The molecule has 33 N–H and O–H groups in total. The van der Waals surface area contributed by atoms with E-state index in [2.05, 4.69) is 26.6 Å². The zero-order valence-electron chi connectivity index (χ0n) is 69.7. The first-order valence-corrected chi connectivity index (χ1v) is 41.4. The molecule has 58 heteroatoms. The van der Waals surface area contributed by atoms with Crippen molar-refractivity contribution in [3.05, 3.63) is 0 Å². The van der Waals surface area contributed by atoms with Crippen LogP contribution >= 0.6 is 0 Å². The number of aliphatic hydroxyl groups excluding tert-OH is 28. The van der Waals surface area contributed by atoms with Gasteiger partial charge < -0.3 is 264 Å². The van der Waals surface area contributed by atoms with Crippen LogP contribution in [0.2, 0.25) is 0 Å². The molecule has 0 aromatic rings. The monoisotopic (exact) mass is 1900 g/mol. The fourth-order valence-electron chi connectivity index (χ4n) is 16.6. The van der Waals surface area contributed by atoms with Crippen LogP contribution < -0.4 is 26.6 Å². The van der Waals surface area contributed by atoms with Crippen LogP contribution in [0.3, 0.4) is 0 Å². The van der Waals surface area contributed by atoms with Gasteiger partial charge in [0.05, 0.1) is 85.3 Å². The van der Waals surface area contributed by atoms with Gasteiger partial charge in [-0.3, -0.25) is 24.0 Å². The fourth-order valence-corrected chi connectivity index (χ4v) is 16.6. The smallest absolute Gasteiger partial charge is 0.217 e. The van der Waals surface area contributed by atoms with Crippen molar-refractivity contribution in [2.45, 2.75) is 341 Å². The molecule has 130 heavy (non-hydrogen) atoms. The number of hydrogen-bond donors (Lipinski definition) is 33. The Morgan fingerprint density at radius 2 is 0.492 bits per heavy atom. The van der Waals surface area contributed by atoms with E-state index >= 15 is 0 Å². The van der Waals surface area contributed by atoms with Gasteiger partial charge in [0.2, 0.25) is 30.0 Å². The molecule has 58 nitrogen and oxygen atoms in total. The van der Waals surface area contributed by atoms with Gasteiger partial charge in [0.15, 0.2) is 62.9 Å². The van der Waals surface area contributed by atoms with Crippen LogP contribution in [0.4, 0.5) is 0 Å². The van der Waals surface area contributed by atoms with Gasteiger partial charge >= 0.3 is 0 Å². The molecular weight excluding hydrogens is 1780 g/mol. The van der Waals surface area contributed by atoms with Crippen molar-refractivity contribution < 1.29 is 262 Å². The maximum Gasteiger partial charge on any atom is 0.217 e. The summed E-state index contributed by atoms with van der Waals surface area (Å²) in [5.41, 5.74) is 0.